The Bertz CT molecular complexity index is 779. The van der Waals surface area contributed by atoms with Gasteiger partial charge in [-0.15, -0.1) is 0 Å². The Hall–Kier alpha value is -2.62. The van der Waals surface area contributed by atoms with E-state index in [0.717, 1.165) is 30.5 Å². The molecule has 2 aliphatic rings. The van der Waals surface area contributed by atoms with Crippen LogP contribution in [0.25, 0.3) is 0 Å². The van der Waals surface area contributed by atoms with Crippen LogP contribution in [0.5, 0.6) is 0 Å². The number of fused-ring (bicyclic) bond motifs is 1. The number of likely N-dealkylation sites (tertiary alicyclic amines) is 1. The first-order valence-corrected chi connectivity index (χ1v) is 10.8. The van der Waals surface area contributed by atoms with Crippen LogP contribution in [-0.4, -0.2) is 36.0 Å². The molecule has 1 aliphatic carbocycles. The Balaban J connectivity index is 1.45. The van der Waals surface area contributed by atoms with E-state index in [0.29, 0.717) is 12.0 Å². The Morgan fingerprint density at radius 1 is 0.862 bits per heavy atom. The van der Waals surface area contributed by atoms with E-state index >= 15 is 0 Å². The Morgan fingerprint density at radius 2 is 1.45 bits per heavy atom. The summed E-state index contributed by atoms with van der Waals surface area (Å²) in [5.41, 5.74) is 1.75. The summed E-state index contributed by atoms with van der Waals surface area (Å²) < 4.78 is 5.58. The lowest BCUT2D eigenvalue weighted by Gasteiger charge is -2.44. The molecule has 4 rings (SSSR count). The van der Waals surface area contributed by atoms with Crippen LogP contribution in [-0.2, 0) is 14.3 Å². The molecular formula is C25H29NO3. The monoisotopic (exact) mass is 391 g/mol. The van der Waals surface area contributed by atoms with Crippen LogP contribution in [0.3, 0.4) is 0 Å². The fourth-order valence-corrected chi connectivity index (χ4v) is 4.99. The van der Waals surface area contributed by atoms with Crippen LogP contribution in [0.2, 0.25) is 0 Å². The zero-order valence-electron chi connectivity index (χ0n) is 16.8. The summed E-state index contributed by atoms with van der Waals surface area (Å²) in [4.78, 5) is 27.9. The van der Waals surface area contributed by atoms with Gasteiger partial charge in [0, 0.05) is 12.6 Å². The molecule has 4 heteroatoms. The minimum Gasteiger partial charge on any atom is -0.455 e. The first kappa shape index (κ1) is 19.7. The van der Waals surface area contributed by atoms with E-state index in [2.05, 4.69) is 0 Å². The zero-order valence-corrected chi connectivity index (χ0v) is 16.8. The number of benzene rings is 2. The third-order valence-corrected chi connectivity index (χ3v) is 6.40. The van der Waals surface area contributed by atoms with Crippen LogP contribution < -0.4 is 0 Å². The van der Waals surface area contributed by atoms with E-state index in [-0.39, 0.29) is 18.5 Å². The van der Waals surface area contributed by atoms with Crippen LogP contribution in [0.1, 0.15) is 55.6 Å². The SMILES string of the molecule is O=C(OCC(=O)N1CCC[C@H]2CCCC[C@@H]21)C(c1ccccc1)c1ccccc1. The highest BCUT2D eigenvalue weighted by Crippen LogP contribution is 2.35. The van der Waals surface area contributed by atoms with Gasteiger partial charge in [-0.3, -0.25) is 9.59 Å². The predicted molar refractivity (Wildman–Crippen MR) is 112 cm³/mol. The number of hydrogen-bond acceptors (Lipinski definition) is 3. The van der Waals surface area contributed by atoms with Crippen LogP contribution in [0.4, 0.5) is 0 Å². The van der Waals surface area contributed by atoms with E-state index in [1.54, 1.807) is 0 Å². The second-order valence-electron chi connectivity index (χ2n) is 8.20. The Morgan fingerprint density at radius 3 is 2.10 bits per heavy atom. The summed E-state index contributed by atoms with van der Waals surface area (Å²) in [6.07, 6.45) is 7.04. The molecule has 1 saturated carbocycles. The van der Waals surface area contributed by atoms with Crippen molar-refractivity contribution in [2.45, 2.75) is 50.5 Å². The lowest BCUT2D eigenvalue weighted by atomic mass is 9.78. The lowest BCUT2D eigenvalue weighted by Crippen LogP contribution is -2.51. The van der Waals surface area contributed by atoms with Gasteiger partial charge in [-0.2, -0.15) is 0 Å². The molecule has 152 valence electrons. The van der Waals surface area contributed by atoms with Gasteiger partial charge < -0.3 is 9.64 Å². The van der Waals surface area contributed by atoms with Crippen LogP contribution >= 0.6 is 0 Å². The maximum atomic E-state index is 13.0. The molecule has 2 atom stereocenters. The van der Waals surface area contributed by atoms with E-state index in [4.69, 9.17) is 4.74 Å². The molecule has 1 saturated heterocycles. The Labute approximate surface area is 172 Å². The highest BCUT2D eigenvalue weighted by molar-refractivity contribution is 5.86. The number of nitrogens with zero attached hydrogens (tertiary/aromatic N) is 1. The first-order valence-electron chi connectivity index (χ1n) is 10.8. The van der Waals surface area contributed by atoms with Crippen molar-refractivity contribution in [3.05, 3.63) is 71.8 Å². The van der Waals surface area contributed by atoms with Crippen molar-refractivity contribution >= 4 is 11.9 Å². The topological polar surface area (TPSA) is 46.6 Å². The molecule has 0 bridgehead atoms. The second-order valence-corrected chi connectivity index (χ2v) is 8.20. The normalized spacial score (nSPS) is 21.5. The molecule has 0 spiro atoms. The van der Waals surface area contributed by atoms with Gasteiger partial charge in [0.25, 0.3) is 5.91 Å². The molecule has 1 aliphatic heterocycles. The number of esters is 1. The molecule has 0 aromatic heterocycles. The van der Waals surface area contributed by atoms with E-state index in [1.165, 1.54) is 25.7 Å². The summed E-state index contributed by atoms with van der Waals surface area (Å²) >= 11 is 0. The molecule has 4 nitrogen and oxygen atoms in total. The average Bonchev–Trinajstić information content (AvgIpc) is 2.79. The fraction of sp³-hybridized carbons (Fsp3) is 0.440. The van der Waals surface area contributed by atoms with E-state index in [1.807, 2.05) is 65.6 Å². The minimum absolute atomic E-state index is 0.0465. The third-order valence-electron chi connectivity index (χ3n) is 6.40. The maximum Gasteiger partial charge on any atom is 0.318 e. The molecule has 2 fully saturated rings. The lowest BCUT2D eigenvalue weighted by molar-refractivity contribution is -0.155. The van der Waals surface area contributed by atoms with E-state index in [9.17, 15) is 9.59 Å². The van der Waals surface area contributed by atoms with E-state index < -0.39 is 5.92 Å². The van der Waals surface area contributed by atoms with Crippen molar-refractivity contribution < 1.29 is 14.3 Å². The summed E-state index contributed by atoms with van der Waals surface area (Å²) in [5, 5.41) is 0. The molecule has 29 heavy (non-hydrogen) atoms. The fourth-order valence-electron chi connectivity index (χ4n) is 4.99. The number of amides is 1. The van der Waals surface area contributed by atoms with Crippen LogP contribution in [0, 0.1) is 5.92 Å². The van der Waals surface area contributed by atoms with Gasteiger partial charge in [0.15, 0.2) is 6.61 Å². The molecule has 1 heterocycles. The maximum absolute atomic E-state index is 13.0. The Kier molecular flexibility index (Phi) is 6.28. The second kappa shape index (κ2) is 9.25. The first-order chi connectivity index (χ1) is 14.2. The van der Waals surface area contributed by atoms with Crippen molar-refractivity contribution in [3.63, 3.8) is 0 Å². The van der Waals surface area contributed by atoms with Gasteiger partial charge in [-0.05, 0) is 42.7 Å². The summed E-state index contributed by atoms with van der Waals surface area (Å²) in [6.45, 7) is 0.622. The molecule has 1 amide bonds. The highest BCUT2D eigenvalue weighted by Gasteiger charge is 2.36. The van der Waals surface area contributed by atoms with Crippen molar-refractivity contribution in [1.82, 2.24) is 4.90 Å². The van der Waals surface area contributed by atoms with Gasteiger partial charge in [0.05, 0.1) is 0 Å². The summed E-state index contributed by atoms with van der Waals surface area (Å²) in [5.74, 6) is -0.310. The zero-order chi connectivity index (χ0) is 20.1. The predicted octanol–water partition coefficient (Wildman–Crippen LogP) is 4.54. The number of piperidine rings is 1. The van der Waals surface area contributed by atoms with Gasteiger partial charge in [-0.25, -0.2) is 0 Å². The van der Waals surface area contributed by atoms with Crippen molar-refractivity contribution in [1.29, 1.82) is 0 Å². The molecule has 0 N–H and O–H groups in total. The number of hydrogen-bond donors (Lipinski definition) is 0. The minimum atomic E-state index is -0.519. The third kappa shape index (κ3) is 4.52. The van der Waals surface area contributed by atoms with Gasteiger partial charge >= 0.3 is 5.97 Å². The molecular weight excluding hydrogens is 362 g/mol. The number of carbonyl (C=O) groups is 2. The average molecular weight is 392 g/mol. The molecule has 0 radical (unpaired) electrons. The number of rotatable bonds is 5. The quantitative estimate of drug-likeness (QED) is 0.703. The van der Waals surface area contributed by atoms with Crippen molar-refractivity contribution in [2.24, 2.45) is 5.92 Å². The molecule has 2 aromatic rings. The van der Waals surface area contributed by atoms with Gasteiger partial charge in [0.2, 0.25) is 0 Å². The number of ether oxygens (including phenoxy) is 1. The van der Waals surface area contributed by atoms with Crippen molar-refractivity contribution in [2.75, 3.05) is 13.2 Å². The largest absolute Gasteiger partial charge is 0.455 e. The smallest absolute Gasteiger partial charge is 0.318 e. The van der Waals surface area contributed by atoms with Crippen LogP contribution in [0.15, 0.2) is 60.7 Å². The standard InChI is InChI=1S/C25H29NO3/c27-23(26-17-9-15-19-10-7-8-16-22(19)26)18-29-25(28)24(20-11-3-1-4-12-20)21-13-5-2-6-14-21/h1-6,11-14,19,22,24H,7-10,15-18H2/t19-,22+/m1/s1. The number of carbonyl (C=O) groups excluding carboxylic acids is 2. The molecule has 2 aromatic carbocycles. The van der Waals surface area contributed by atoms with Crippen molar-refractivity contribution in [3.8, 4) is 0 Å². The summed E-state index contributed by atoms with van der Waals surface area (Å²) in [7, 11) is 0. The summed E-state index contributed by atoms with van der Waals surface area (Å²) in [6, 6.07) is 19.6. The van der Waals surface area contributed by atoms with Gasteiger partial charge in [-0.1, -0.05) is 73.5 Å². The molecule has 0 unspecified atom stereocenters. The van der Waals surface area contributed by atoms with Gasteiger partial charge in [0.1, 0.15) is 5.92 Å². The highest BCUT2D eigenvalue weighted by atomic mass is 16.5.